The molecule has 2 saturated heterocycles. The number of nitrogens with zero attached hydrogens (tertiary/aromatic N) is 6. The van der Waals surface area contributed by atoms with E-state index in [4.69, 9.17) is 15.6 Å². The van der Waals surface area contributed by atoms with E-state index >= 15 is 0 Å². The van der Waals surface area contributed by atoms with Crippen LogP contribution in [0.1, 0.15) is 97.4 Å². The van der Waals surface area contributed by atoms with E-state index < -0.39 is 23.8 Å². The molecule has 0 saturated carbocycles. The van der Waals surface area contributed by atoms with E-state index in [1.54, 1.807) is 23.9 Å². The quantitative estimate of drug-likeness (QED) is 0.0579. The van der Waals surface area contributed by atoms with Gasteiger partial charge in [-0.15, -0.1) is 11.8 Å². The fraction of sp³-hybridized carbons (Fsp3) is 0.386. The van der Waals surface area contributed by atoms with Crippen LogP contribution in [0, 0.1) is 0 Å². The largest absolute Gasteiger partial charge is 0.457 e. The van der Waals surface area contributed by atoms with Gasteiger partial charge in [-0.3, -0.25) is 29.4 Å². The van der Waals surface area contributed by atoms with Gasteiger partial charge in [0.05, 0.1) is 22.6 Å². The van der Waals surface area contributed by atoms with E-state index in [0.717, 1.165) is 107 Å². The summed E-state index contributed by atoms with van der Waals surface area (Å²) in [5, 5.41) is 8.15. The van der Waals surface area contributed by atoms with Crippen molar-refractivity contribution < 1.29 is 23.9 Å². The number of nitrogens with one attached hydrogen (secondary N) is 1. The van der Waals surface area contributed by atoms with Crippen LogP contribution in [0.5, 0.6) is 11.5 Å². The topological polar surface area (TPSA) is 166 Å². The van der Waals surface area contributed by atoms with E-state index in [1.807, 2.05) is 60.7 Å². The molecule has 3 aromatic carbocycles. The third kappa shape index (κ3) is 8.48. The minimum absolute atomic E-state index is 0.105. The zero-order valence-corrected chi connectivity index (χ0v) is 33.3. The van der Waals surface area contributed by atoms with Crippen molar-refractivity contribution in [2.24, 2.45) is 0 Å². The number of hydrogen-bond donors (Lipinski definition) is 2. The Morgan fingerprint density at radius 1 is 0.810 bits per heavy atom. The summed E-state index contributed by atoms with van der Waals surface area (Å²) in [5.74, 6) is 0.907. The number of hydrogen-bond acceptors (Lipinski definition) is 11. The lowest BCUT2D eigenvalue weighted by Gasteiger charge is -2.33. The number of imide groups is 2. The first kappa shape index (κ1) is 39.2. The molecule has 0 aliphatic carbocycles. The van der Waals surface area contributed by atoms with Crippen LogP contribution in [-0.2, 0) is 9.59 Å². The van der Waals surface area contributed by atoms with Crippen LogP contribution in [-0.4, -0.2) is 84.6 Å². The van der Waals surface area contributed by atoms with Crippen LogP contribution < -0.4 is 15.8 Å². The van der Waals surface area contributed by atoms with Crippen molar-refractivity contribution in [3.05, 3.63) is 90.3 Å². The number of rotatable bonds is 16. The summed E-state index contributed by atoms with van der Waals surface area (Å²) < 4.78 is 8.07. The van der Waals surface area contributed by atoms with Crippen molar-refractivity contribution >= 4 is 52.2 Å². The zero-order valence-electron chi connectivity index (χ0n) is 32.5. The molecule has 300 valence electrons. The number of unbranched alkanes of at least 4 members (excludes halogenated alkanes) is 6. The summed E-state index contributed by atoms with van der Waals surface area (Å²) in [6, 6.07) is 22.2. The minimum atomic E-state index is -0.954. The number of piperidine rings is 2. The molecule has 14 heteroatoms. The zero-order chi connectivity index (χ0) is 40.0. The number of carbonyl (C=O) groups is 4. The van der Waals surface area contributed by atoms with E-state index in [2.05, 4.69) is 24.9 Å². The maximum atomic E-state index is 13.4. The van der Waals surface area contributed by atoms with Gasteiger partial charge in [0.15, 0.2) is 5.65 Å². The molecule has 2 aromatic heterocycles. The standard InChI is InChI=1S/C44H48N8O5S/c45-40-38-39(29-18-20-32(21-19-29)57-31-14-7-6-8-15-31)49-52(41(38)47-28-46-40)30-13-12-25-50(27-30)24-9-4-2-1-3-5-10-26-58-35-17-11-16-33-37(35)44(56)51(43(33)55)34-22-23-36(53)48-42(34)54/h6-8,11,14-21,28,30,34H,1-5,9-10,12-13,22-27H2,(H2,45,46,47)(H,48,53,54). The van der Waals surface area contributed by atoms with Gasteiger partial charge in [0.1, 0.15) is 35.4 Å². The lowest BCUT2D eigenvalue weighted by Crippen LogP contribution is -2.54. The maximum absolute atomic E-state index is 13.4. The third-order valence-corrected chi connectivity index (χ3v) is 12.4. The normalized spacial score (nSPS) is 18.5. The Balaban J connectivity index is 0.768. The summed E-state index contributed by atoms with van der Waals surface area (Å²) >= 11 is 1.59. The number of amides is 4. The van der Waals surface area contributed by atoms with Crippen LogP contribution >= 0.6 is 11.8 Å². The second-order valence-electron chi connectivity index (χ2n) is 15.2. The van der Waals surface area contributed by atoms with Crippen molar-refractivity contribution in [1.29, 1.82) is 0 Å². The highest BCUT2D eigenvalue weighted by atomic mass is 32.2. The van der Waals surface area contributed by atoms with Crippen LogP contribution in [0.4, 0.5) is 5.82 Å². The van der Waals surface area contributed by atoms with E-state index in [-0.39, 0.29) is 24.8 Å². The van der Waals surface area contributed by atoms with Crippen LogP contribution in [0.25, 0.3) is 22.3 Å². The minimum Gasteiger partial charge on any atom is -0.457 e. The molecule has 4 amide bonds. The van der Waals surface area contributed by atoms with E-state index in [0.29, 0.717) is 16.9 Å². The van der Waals surface area contributed by atoms with Gasteiger partial charge in [0.2, 0.25) is 11.8 Å². The second kappa shape index (κ2) is 17.9. The summed E-state index contributed by atoms with van der Waals surface area (Å²) in [6.07, 6.45) is 11.9. The summed E-state index contributed by atoms with van der Waals surface area (Å²) in [7, 11) is 0. The molecular formula is C44H48N8O5S. The van der Waals surface area contributed by atoms with Gasteiger partial charge in [-0.05, 0) is 99.5 Å². The molecule has 0 bridgehead atoms. The SMILES string of the molecule is Nc1ncnc2c1c(-c1ccc(Oc3ccccc3)cc1)nn2C1CCCN(CCCCCCCCCSc2cccc3c2C(=O)N(C2CCC(=O)NC2=O)C3=O)C1. The first-order valence-electron chi connectivity index (χ1n) is 20.4. The van der Waals surface area contributed by atoms with Crippen molar-refractivity contribution in [3.8, 4) is 22.8 Å². The number of fused-ring (bicyclic) bond motifs is 2. The van der Waals surface area contributed by atoms with Crippen LogP contribution in [0.15, 0.2) is 84.0 Å². The van der Waals surface area contributed by atoms with E-state index in [1.165, 1.54) is 25.6 Å². The number of thioether (sulfide) groups is 1. The summed E-state index contributed by atoms with van der Waals surface area (Å²) in [5.41, 5.74) is 9.63. The highest BCUT2D eigenvalue weighted by molar-refractivity contribution is 7.99. The number of likely N-dealkylation sites (tertiary alicyclic amines) is 1. The average molecular weight is 801 g/mol. The Morgan fingerprint density at radius 2 is 1.57 bits per heavy atom. The van der Waals surface area contributed by atoms with Gasteiger partial charge in [-0.25, -0.2) is 14.6 Å². The molecule has 5 heterocycles. The molecule has 13 nitrogen and oxygen atoms in total. The number of nitrogens with two attached hydrogens (primary N) is 1. The number of anilines is 1. The average Bonchev–Trinajstić information content (AvgIpc) is 3.75. The molecule has 2 unspecified atom stereocenters. The van der Waals surface area contributed by atoms with Crippen molar-refractivity contribution in [2.45, 2.75) is 87.6 Å². The molecule has 2 fully saturated rings. The van der Waals surface area contributed by atoms with Gasteiger partial charge in [-0.2, -0.15) is 5.10 Å². The molecule has 0 spiro atoms. The van der Waals surface area contributed by atoms with Crippen molar-refractivity contribution in [2.75, 3.05) is 31.1 Å². The molecule has 5 aromatic rings. The Kier molecular flexibility index (Phi) is 12.1. The Bertz CT molecular complexity index is 2300. The number of para-hydroxylation sites is 1. The molecule has 8 rings (SSSR count). The highest BCUT2D eigenvalue weighted by Crippen LogP contribution is 2.37. The molecule has 3 aliphatic rings. The Morgan fingerprint density at radius 3 is 2.36 bits per heavy atom. The summed E-state index contributed by atoms with van der Waals surface area (Å²) in [4.78, 5) is 63.9. The lowest BCUT2D eigenvalue weighted by molar-refractivity contribution is -0.136. The van der Waals surface area contributed by atoms with Crippen molar-refractivity contribution in [1.82, 2.24) is 34.9 Å². The number of aromatic nitrogens is 4. The van der Waals surface area contributed by atoms with E-state index in [9.17, 15) is 19.2 Å². The first-order chi connectivity index (χ1) is 28.4. The molecule has 3 aliphatic heterocycles. The van der Waals surface area contributed by atoms with Gasteiger partial charge in [0.25, 0.3) is 11.8 Å². The Hall–Kier alpha value is -5.60. The molecule has 3 N–H and O–H groups in total. The van der Waals surface area contributed by atoms with Crippen LogP contribution in [0.2, 0.25) is 0 Å². The third-order valence-electron chi connectivity index (χ3n) is 11.3. The summed E-state index contributed by atoms with van der Waals surface area (Å²) in [6.45, 7) is 3.06. The lowest BCUT2D eigenvalue weighted by atomic mass is 10.0. The fourth-order valence-electron chi connectivity index (χ4n) is 8.30. The predicted molar refractivity (Wildman–Crippen MR) is 223 cm³/mol. The number of benzene rings is 3. The van der Waals surface area contributed by atoms with Gasteiger partial charge >= 0.3 is 0 Å². The smallest absolute Gasteiger partial charge is 0.263 e. The molecule has 58 heavy (non-hydrogen) atoms. The predicted octanol–water partition coefficient (Wildman–Crippen LogP) is 7.43. The highest BCUT2D eigenvalue weighted by Gasteiger charge is 2.45. The van der Waals surface area contributed by atoms with Gasteiger partial charge in [0, 0.05) is 23.4 Å². The molecule has 2 atom stereocenters. The molecular weight excluding hydrogens is 753 g/mol. The second-order valence-corrected chi connectivity index (χ2v) is 16.4. The first-order valence-corrected chi connectivity index (χ1v) is 21.4. The number of nitrogen functional groups attached to an aromatic ring is 1. The van der Waals surface area contributed by atoms with Gasteiger partial charge < -0.3 is 15.4 Å². The Labute approximate surface area is 341 Å². The molecule has 0 radical (unpaired) electrons. The monoisotopic (exact) mass is 800 g/mol. The fourth-order valence-corrected chi connectivity index (χ4v) is 9.38. The van der Waals surface area contributed by atoms with Crippen molar-refractivity contribution in [3.63, 3.8) is 0 Å². The maximum Gasteiger partial charge on any atom is 0.263 e. The van der Waals surface area contributed by atoms with Crippen LogP contribution in [0.3, 0.4) is 0 Å². The van der Waals surface area contributed by atoms with Gasteiger partial charge in [-0.1, -0.05) is 56.4 Å². The number of carbonyl (C=O) groups excluding carboxylic acids is 4. The number of ether oxygens (including phenoxy) is 1.